The quantitative estimate of drug-likeness (QED) is 0.870. The van der Waals surface area contributed by atoms with E-state index in [2.05, 4.69) is 15.5 Å². The Bertz CT molecular complexity index is 838. The summed E-state index contributed by atoms with van der Waals surface area (Å²) < 4.78 is 37.6. The minimum absolute atomic E-state index is 0.0219. The highest BCUT2D eigenvalue weighted by molar-refractivity contribution is 7.89. The first-order valence-electron chi connectivity index (χ1n) is 7.57. The molecule has 4 rings (SSSR count). The molecule has 0 saturated carbocycles. The number of sulfonamides is 1. The first kappa shape index (κ1) is 15.2. The van der Waals surface area contributed by atoms with Crippen molar-refractivity contribution in [3.63, 3.8) is 0 Å². The first-order chi connectivity index (χ1) is 11.6. The van der Waals surface area contributed by atoms with Crippen molar-refractivity contribution in [3.8, 4) is 11.5 Å². The fourth-order valence-electron chi connectivity index (χ4n) is 2.65. The third-order valence-electron chi connectivity index (χ3n) is 3.92. The van der Waals surface area contributed by atoms with Crippen LogP contribution in [0.3, 0.4) is 0 Å². The predicted molar refractivity (Wildman–Crippen MR) is 85.6 cm³/mol. The van der Waals surface area contributed by atoms with Crippen LogP contribution in [-0.2, 0) is 10.0 Å². The van der Waals surface area contributed by atoms with E-state index in [0.29, 0.717) is 43.6 Å². The number of benzene rings is 1. The molecule has 1 fully saturated rings. The maximum absolute atomic E-state index is 12.7. The number of ether oxygens (including phenoxy) is 2. The molecule has 0 aliphatic carbocycles. The molecule has 2 aliphatic heterocycles. The normalized spacial score (nSPS) is 18.0. The Balaban J connectivity index is 1.45. The maximum atomic E-state index is 12.7. The van der Waals surface area contributed by atoms with E-state index < -0.39 is 10.0 Å². The van der Waals surface area contributed by atoms with E-state index >= 15 is 0 Å². The molecule has 9 heteroatoms. The lowest BCUT2D eigenvalue weighted by Gasteiger charge is -2.38. The maximum Gasteiger partial charge on any atom is 0.243 e. The SMILES string of the molecule is O=S(=O)(c1ccc2c(c1)OCCO2)N1CC(Nc2cccnn2)C1. The third-order valence-corrected chi connectivity index (χ3v) is 5.75. The molecule has 0 bridgehead atoms. The topological polar surface area (TPSA) is 93.7 Å². The van der Waals surface area contributed by atoms with Gasteiger partial charge in [0, 0.05) is 25.4 Å². The molecule has 24 heavy (non-hydrogen) atoms. The van der Waals surface area contributed by atoms with Crippen molar-refractivity contribution in [1.29, 1.82) is 0 Å². The lowest BCUT2D eigenvalue weighted by atomic mass is 10.2. The van der Waals surface area contributed by atoms with Crippen LogP contribution in [0.5, 0.6) is 11.5 Å². The number of aromatic nitrogens is 2. The summed E-state index contributed by atoms with van der Waals surface area (Å²) in [5, 5.41) is 10.9. The number of anilines is 1. The summed E-state index contributed by atoms with van der Waals surface area (Å²) >= 11 is 0. The fourth-order valence-corrected chi connectivity index (χ4v) is 4.19. The number of rotatable bonds is 4. The van der Waals surface area contributed by atoms with E-state index in [9.17, 15) is 8.42 Å². The largest absolute Gasteiger partial charge is 0.486 e. The van der Waals surface area contributed by atoms with Crippen molar-refractivity contribution in [3.05, 3.63) is 36.5 Å². The molecule has 1 aromatic heterocycles. The Hall–Kier alpha value is -2.39. The second-order valence-electron chi connectivity index (χ2n) is 5.58. The molecule has 126 valence electrons. The summed E-state index contributed by atoms with van der Waals surface area (Å²) in [6, 6.07) is 8.30. The smallest absolute Gasteiger partial charge is 0.243 e. The number of hydrogen-bond acceptors (Lipinski definition) is 7. The van der Waals surface area contributed by atoms with Crippen LogP contribution in [0.1, 0.15) is 0 Å². The van der Waals surface area contributed by atoms with Crippen LogP contribution in [0.25, 0.3) is 0 Å². The van der Waals surface area contributed by atoms with Crippen molar-refractivity contribution >= 4 is 15.8 Å². The molecule has 2 aliphatic rings. The van der Waals surface area contributed by atoms with Crippen LogP contribution < -0.4 is 14.8 Å². The molecule has 8 nitrogen and oxygen atoms in total. The highest BCUT2D eigenvalue weighted by Gasteiger charge is 2.37. The summed E-state index contributed by atoms with van der Waals surface area (Å²) in [6.07, 6.45) is 1.59. The number of nitrogens with one attached hydrogen (secondary N) is 1. The minimum Gasteiger partial charge on any atom is -0.486 e. The van der Waals surface area contributed by atoms with Crippen molar-refractivity contribution in [1.82, 2.24) is 14.5 Å². The second kappa shape index (κ2) is 5.91. The molecule has 2 aromatic rings. The summed E-state index contributed by atoms with van der Waals surface area (Å²) in [4.78, 5) is 0.213. The molecular formula is C15H16N4O4S. The van der Waals surface area contributed by atoms with E-state index in [1.807, 2.05) is 0 Å². The zero-order valence-electron chi connectivity index (χ0n) is 12.8. The molecule has 0 radical (unpaired) electrons. The summed E-state index contributed by atoms with van der Waals surface area (Å²) in [5.41, 5.74) is 0. The molecule has 0 unspecified atom stereocenters. The molecule has 0 spiro atoms. The zero-order chi connectivity index (χ0) is 16.6. The van der Waals surface area contributed by atoms with Gasteiger partial charge in [0.25, 0.3) is 0 Å². The Kier molecular flexibility index (Phi) is 3.73. The molecule has 1 saturated heterocycles. The van der Waals surface area contributed by atoms with E-state index in [-0.39, 0.29) is 10.9 Å². The molecule has 0 amide bonds. The molecule has 3 heterocycles. The van der Waals surface area contributed by atoms with Crippen molar-refractivity contribution in [2.24, 2.45) is 0 Å². The number of hydrogen-bond donors (Lipinski definition) is 1. The zero-order valence-corrected chi connectivity index (χ0v) is 13.6. The van der Waals surface area contributed by atoms with E-state index in [0.717, 1.165) is 0 Å². The van der Waals surface area contributed by atoms with Crippen molar-refractivity contribution in [2.45, 2.75) is 10.9 Å². The van der Waals surface area contributed by atoms with Gasteiger partial charge in [-0.1, -0.05) is 0 Å². The average Bonchev–Trinajstić information content (AvgIpc) is 2.58. The van der Waals surface area contributed by atoms with Gasteiger partial charge in [-0.25, -0.2) is 8.42 Å². The molecular weight excluding hydrogens is 332 g/mol. The van der Waals surface area contributed by atoms with Gasteiger partial charge >= 0.3 is 0 Å². The highest BCUT2D eigenvalue weighted by atomic mass is 32.2. The van der Waals surface area contributed by atoms with E-state index in [4.69, 9.17) is 9.47 Å². The van der Waals surface area contributed by atoms with Gasteiger partial charge in [0.15, 0.2) is 11.5 Å². The molecule has 0 atom stereocenters. The Morgan fingerprint density at radius 3 is 2.67 bits per heavy atom. The Morgan fingerprint density at radius 2 is 1.92 bits per heavy atom. The number of fused-ring (bicyclic) bond motifs is 1. The van der Waals surface area contributed by atoms with E-state index in [1.165, 1.54) is 10.4 Å². The first-order valence-corrected chi connectivity index (χ1v) is 9.01. The van der Waals surface area contributed by atoms with Crippen LogP contribution in [0.4, 0.5) is 5.82 Å². The summed E-state index contributed by atoms with van der Waals surface area (Å²) in [7, 11) is -3.54. The van der Waals surface area contributed by atoms with Gasteiger partial charge < -0.3 is 14.8 Å². The van der Waals surface area contributed by atoms with Crippen LogP contribution in [0.2, 0.25) is 0 Å². The van der Waals surface area contributed by atoms with Gasteiger partial charge in [-0.2, -0.15) is 9.40 Å². The van der Waals surface area contributed by atoms with Crippen LogP contribution in [0.15, 0.2) is 41.4 Å². The minimum atomic E-state index is -3.54. The fraction of sp³-hybridized carbons (Fsp3) is 0.333. The van der Waals surface area contributed by atoms with Crippen molar-refractivity contribution < 1.29 is 17.9 Å². The Morgan fingerprint density at radius 1 is 1.12 bits per heavy atom. The second-order valence-corrected chi connectivity index (χ2v) is 7.52. The predicted octanol–water partition coefficient (Wildman–Crippen LogP) is 0.733. The van der Waals surface area contributed by atoms with Gasteiger partial charge in [-0.15, -0.1) is 5.10 Å². The molecule has 1 aromatic carbocycles. The Labute approximate surface area is 139 Å². The third kappa shape index (κ3) is 2.76. The van der Waals surface area contributed by atoms with Crippen LogP contribution in [-0.4, -0.2) is 55.3 Å². The van der Waals surface area contributed by atoms with E-state index in [1.54, 1.807) is 30.5 Å². The average molecular weight is 348 g/mol. The lowest BCUT2D eigenvalue weighted by molar-refractivity contribution is 0.171. The highest BCUT2D eigenvalue weighted by Crippen LogP contribution is 2.34. The summed E-state index contributed by atoms with van der Waals surface area (Å²) in [5.74, 6) is 1.68. The lowest BCUT2D eigenvalue weighted by Crippen LogP contribution is -2.56. The van der Waals surface area contributed by atoms with Gasteiger partial charge in [-0.05, 0) is 24.3 Å². The van der Waals surface area contributed by atoms with Gasteiger partial charge in [0.2, 0.25) is 10.0 Å². The van der Waals surface area contributed by atoms with Gasteiger partial charge in [-0.3, -0.25) is 0 Å². The van der Waals surface area contributed by atoms with Crippen molar-refractivity contribution in [2.75, 3.05) is 31.6 Å². The molecule has 1 N–H and O–H groups in total. The monoisotopic (exact) mass is 348 g/mol. The van der Waals surface area contributed by atoms with Gasteiger partial charge in [0.05, 0.1) is 10.9 Å². The summed E-state index contributed by atoms with van der Waals surface area (Å²) in [6.45, 7) is 1.66. The van der Waals surface area contributed by atoms with Crippen LogP contribution >= 0.6 is 0 Å². The van der Waals surface area contributed by atoms with Gasteiger partial charge in [0.1, 0.15) is 19.0 Å². The standard InChI is InChI=1S/C15H16N4O4S/c20-24(21,12-3-4-13-14(8-12)23-7-6-22-13)19-9-11(10-19)17-15-2-1-5-16-18-15/h1-5,8,11H,6-7,9-10H2,(H,17,18). The van der Waals surface area contributed by atoms with Crippen LogP contribution in [0, 0.1) is 0 Å². The number of nitrogens with zero attached hydrogens (tertiary/aromatic N) is 3.